The Kier molecular flexibility index (Phi) is 3.65. The highest BCUT2D eigenvalue weighted by Crippen LogP contribution is 2.22. The van der Waals surface area contributed by atoms with Gasteiger partial charge in [0.25, 0.3) is 0 Å². The van der Waals surface area contributed by atoms with Crippen molar-refractivity contribution in [3.05, 3.63) is 24.3 Å². The molecule has 7 heteroatoms. The lowest BCUT2D eigenvalue weighted by molar-refractivity contribution is -0.139. The van der Waals surface area contributed by atoms with Gasteiger partial charge in [0.05, 0.1) is 6.54 Å². The maximum Gasteiger partial charge on any atom is 0.414 e. The first-order chi connectivity index (χ1) is 9.06. The summed E-state index contributed by atoms with van der Waals surface area (Å²) in [5.74, 6) is -1.81. The van der Waals surface area contributed by atoms with Gasteiger partial charge in [0, 0.05) is 11.4 Å². The van der Waals surface area contributed by atoms with Gasteiger partial charge in [-0.1, -0.05) is 6.07 Å². The molecule has 2 rings (SSSR count). The Labute approximate surface area is 108 Å². The number of hydrogen-bond donors (Lipinski definition) is 2. The van der Waals surface area contributed by atoms with Crippen LogP contribution in [0.4, 0.5) is 16.2 Å². The maximum atomic E-state index is 11.4. The lowest BCUT2D eigenvalue weighted by Crippen LogP contribution is -2.23. The monoisotopic (exact) mass is 264 g/mol. The molecule has 0 unspecified atom stereocenters. The van der Waals surface area contributed by atoms with E-state index >= 15 is 0 Å². The van der Waals surface area contributed by atoms with Crippen molar-refractivity contribution in [2.45, 2.75) is 6.42 Å². The topological polar surface area (TPSA) is 95.9 Å². The van der Waals surface area contributed by atoms with Crippen molar-refractivity contribution in [1.29, 1.82) is 0 Å². The van der Waals surface area contributed by atoms with E-state index in [9.17, 15) is 14.4 Å². The number of hydrogen-bond acceptors (Lipinski definition) is 4. The van der Waals surface area contributed by atoms with Crippen LogP contribution in [-0.2, 0) is 14.3 Å². The summed E-state index contributed by atoms with van der Waals surface area (Å²) in [5, 5.41) is 10.9. The van der Waals surface area contributed by atoms with Crippen molar-refractivity contribution < 1.29 is 24.2 Å². The molecule has 0 radical (unpaired) electrons. The van der Waals surface area contributed by atoms with E-state index < -0.39 is 24.4 Å². The zero-order valence-electron chi connectivity index (χ0n) is 9.96. The number of carbonyl (C=O) groups is 3. The maximum absolute atomic E-state index is 11.4. The number of anilines is 2. The van der Waals surface area contributed by atoms with Gasteiger partial charge < -0.3 is 15.2 Å². The van der Waals surface area contributed by atoms with Gasteiger partial charge in [0.1, 0.15) is 13.0 Å². The van der Waals surface area contributed by atoms with E-state index in [0.29, 0.717) is 24.5 Å². The summed E-state index contributed by atoms with van der Waals surface area (Å²) in [4.78, 5) is 34.5. The largest absolute Gasteiger partial charge is 0.481 e. The second-order valence-electron chi connectivity index (χ2n) is 3.94. The fourth-order valence-electron chi connectivity index (χ4n) is 1.72. The third-order valence-corrected chi connectivity index (χ3v) is 2.51. The van der Waals surface area contributed by atoms with E-state index in [-0.39, 0.29) is 0 Å². The predicted octanol–water partition coefficient (Wildman–Crippen LogP) is 1.06. The minimum absolute atomic E-state index is 0.328. The molecule has 7 nitrogen and oxygen atoms in total. The fourth-order valence-corrected chi connectivity index (χ4v) is 1.72. The number of ether oxygens (including phenoxy) is 1. The zero-order valence-corrected chi connectivity index (χ0v) is 9.96. The number of carboxylic acids is 1. The summed E-state index contributed by atoms with van der Waals surface area (Å²) < 4.78 is 4.82. The van der Waals surface area contributed by atoms with Gasteiger partial charge in [-0.25, -0.2) is 4.79 Å². The van der Waals surface area contributed by atoms with Gasteiger partial charge in [-0.2, -0.15) is 0 Å². The van der Waals surface area contributed by atoms with E-state index in [1.54, 1.807) is 24.3 Å². The molecule has 1 saturated heterocycles. The van der Waals surface area contributed by atoms with Crippen LogP contribution < -0.4 is 10.2 Å². The average Bonchev–Trinajstić information content (AvgIpc) is 2.74. The first-order valence-electron chi connectivity index (χ1n) is 5.62. The van der Waals surface area contributed by atoms with Crippen LogP contribution in [0.1, 0.15) is 6.42 Å². The Hall–Kier alpha value is -2.57. The standard InChI is InChI=1S/C12H12N2O5/c15-10(7-11(16)17)13-8-2-1-3-9(6-8)14-4-5-19-12(14)18/h1-3,6H,4-5,7H2,(H,13,15)(H,16,17). The van der Waals surface area contributed by atoms with E-state index in [1.165, 1.54) is 4.90 Å². The molecule has 100 valence electrons. The molecule has 0 spiro atoms. The molecule has 1 fully saturated rings. The van der Waals surface area contributed by atoms with Crippen molar-refractivity contribution in [2.24, 2.45) is 0 Å². The van der Waals surface area contributed by atoms with E-state index in [4.69, 9.17) is 9.84 Å². The molecule has 2 N–H and O–H groups in total. The van der Waals surface area contributed by atoms with E-state index in [1.807, 2.05) is 0 Å². The van der Waals surface area contributed by atoms with Gasteiger partial charge in [-0.05, 0) is 18.2 Å². The Morgan fingerprint density at radius 3 is 2.84 bits per heavy atom. The highest BCUT2D eigenvalue weighted by molar-refractivity contribution is 6.01. The van der Waals surface area contributed by atoms with Crippen LogP contribution in [0.15, 0.2) is 24.3 Å². The molecule has 2 amide bonds. The molecule has 1 aromatic rings. The number of rotatable bonds is 4. The fraction of sp³-hybridized carbons (Fsp3) is 0.250. The Morgan fingerprint density at radius 1 is 1.42 bits per heavy atom. The normalized spacial score (nSPS) is 14.1. The smallest absolute Gasteiger partial charge is 0.414 e. The molecule has 1 heterocycles. The second kappa shape index (κ2) is 5.38. The molecule has 1 aliphatic rings. The SMILES string of the molecule is O=C(O)CC(=O)Nc1cccc(N2CCOC2=O)c1. The summed E-state index contributed by atoms with van der Waals surface area (Å²) in [5.41, 5.74) is 1.03. The minimum atomic E-state index is -1.20. The van der Waals surface area contributed by atoms with Gasteiger partial charge in [0.15, 0.2) is 0 Å². The number of cyclic esters (lactones) is 1. The lowest BCUT2D eigenvalue weighted by Gasteiger charge is -2.14. The molecule has 1 aliphatic heterocycles. The number of aliphatic carboxylic acids is 1. The van der Waals surface area contributed by atoms with Crippen molar-refractivity contribution in [3.63, 3.8) is 0 Å². The van der Waals surface area contributed by atoms with E-state index in [2.05, 4.69) is 5.32 Å². The van der Waals surface area contributed by atoms with Crippen LogP contribution in [0.2, 0.25) is 0 Å². The number of nitrogens with one attached hydrogen (secondary N) is 1. The van der Waals surface area contributed by atoms with E-state index in [0.717, 1.165) is 0 Å². The molecule has 1 aromatic carbocycles. The number of nitrogens with zero attached hydrogens (tertiary/aromatic N) is 1. The Balaban J connectivity index is 2.09. The van der Waals surface area contributed by atoms with Gasteiger partial charge in [-0.15, -0.1) is 0 Å². The van der Waals surface area contributed by atoms with Crippen molar-refractivity contribution in [2.75, 3.05) is 23.4 Å². The number of carboxylic acid groups (broad SMARTS) is 1. The average molecular weight is 264 g/mol. The van der Waals surface area contributed by atoms with Crippen LogP contribution in [-0.4, -0.2) is 36.2 Å². The molecular formula is C12H12N2O5. The van der Waals surface area contributed by atoms with Crippen molar-refractivity contribution in [1.82, 2.24) is 0 Å². The quantitative estimate of drug-likeness (QED) is 0.792. The summed E-state index contributed by atoms with van der Waals surface area (Å²) >= 11 is 0. The molecular weight excluding hydrogens is 252 g/mol. The minimum Gasteiger partial charge on any atom is -0.481 e. The molecule has 0 bridgehead atoms. The number of carbonyl (C=O) groups excluding carboxylic acids is 2. The lowest BCUT2D eigenvalue weighted by atomic mass is 10.2. The molecule has 19 heavy (non-hydrogen) atoms. The van der Waals surface area contributed by atoms with Crippen LogP contribution in [0.25, 0.3) is 0 Å². The van der Waals surface area contributed by atoms with Gasteiger partial charge >= 0.3 is 12.1 Å². The number of amides is 2. The first-order valence-corrected chi connectivity index (χ1v) is 5.62. The zero-order chi connectivity index (χ0) is 13.8. The summed E-state index contributed by atoms with van der Waals surface area (Å²) in [6.07, 6.45) is -1.04. The highest BCUT2D eigenvalue weighted by atomic mass is 16.6. The van der Waals surface area contributed by atoms with Crippen LogP contribution >= 0.6 is 0 Å². The summed E-state index contributed by atoms with van der Waals surface area (Å²) in [6, 6.07) is 6.58. The molecule has 0 saturated carbocycles. The van der Waals surface area contributed by atoms with Crippen LogP contribution in [0.3, 0.4) is 0 Å². The van der Waals surface area contributed by atoms with Crippen molar-refractivity contribution in [3.8, 4) is 0 Å². The second-order valence-corrected chi connectivity index (χ2v) is 3.94. The van der Waals surface area contributed by atoms with Crippen molar-refractivity contribution >= 4 is 29.3 Å². The summed E-state index contributed by atoms with van der Waals surface area (Å²) in [7, 11) is 0. The predicted molar refractivity (Wildman–Crippen MR) is 66.0 cm³/mol. The van der Waals surface area contributed by atoms with Crippen LogP contribution in [0, 0.1) is 0 Å². The Bertz CT molecular complexity index is 529. The van der Waals surface area contributed by atoms with Crippen LogP contribution in [0.5, 0.6) is 0 Å². The first kappa shape index (κ1) is 12.9. The molecule has 0 aliphatic carbocycles. The molecule has 0 aromatic heterocycles. The third-order valence-electron chi connectivity index (χ3n) is 2.51. The van der Waals surface area contributed by atoms with Gasteiger partial charge in [-0.3, -0.25) is 14.5 Å². The Morgan fingerprint density at radius 2 is 2.21 bits per heavy atom. The molecule has 0 atom stereocenters. The number of benzene rings is 1. The third kappa shape index (κ3) is 3.21. The van der Waals surface area contributed by atoms with Gasteiger partial charge in [0.2, 0.25) is 5.91 Å². The summed E-state index contributed by atoms with van der Waals surface area (Å²) in [6.45, 7) is 0.778. The highest BCUT2D eigenvalue weighted by Gasteiger charge is 2.23.